The Morgan fingerprint density at radius 2 is 1.85 bits per heavy atom. The van der Waals surface area contributed by atoms with Gasteiger partial charge in [-0.3, -0.25) is 10.1 Å². The molecule has 0 amide bonds. The zero-order chi connectivity index (χ0) is 19.6. The minimum absolute atomic E-state index is 0.0394. The molecular formula is C15H14Br2N2O7. The Bertz CT molecular complexity index is 823. The van der Waals surface area contributed by atoms with Crippen LogP contribution < -0.4 is 4.90 Å². The van der Waals surface area contributed by atoms with Gasteiger partial charge in [0.15, 0.2) is 0 Å². The van der Waals surface area contributed by atoms with Gasteiger partial charge < -0.3 is 19.1 Å². The first-order chi connectivity index (χ1) is 12.2. The van der Waals surface area contributed by atoms with Crippen LogP contribution in [0.25, 0.3) is 0 Å². The molecular weight excluding hydrogens is 480 g/mol. The number of carbonyl (C=O) groups is 2. The Morgan fingerprint density at radius 3 is 2.38 bits per heavy atom. The van der Waals surface area contributed by atoms with Crippen LogP contribution in [0.1, 0.15) is 5.56 Å². The molecule has 0 saturated heterocycles. The summed E-state index contributed by atoms with van der Waals surface area (Å²) in [5, 5.41) is 11.4. The fourth-order valence-electron chi connectivity index (χ4n) is 2.59. The Labute approximate surface area is 165 Å². The molecule has 0 bridgehead atoms. The van der Waals surface area contributed by atoms with Crippen molar-refractivity contribution in [2.75, 3.05) is 32.5 Å². The summed E-state index contributed by atoms with van der Waals surface area (Å²) >= 11 is 6.51. The highest BCUT2D eigenvalue weighted by molar-refractivity contribution is 9.11. The monoisotopic (exact) mass is 492 g/mol. The predicted molar refractivity (Wildman–Crippen MR) is 97.6 cm³/mol. The van der Waals surface area contributed by atoms with Crippen LogP contribution in [0.4, 0.5) is 11.4 Å². The third-order valence-corrected chi connectivity index (χ3v) is 4.91. The molecule has 0 atom stereocenters. The van der Waals surface area contributed by atoms with Gasteiger partial charge in [-0.1, -0.05) is 0 Å². The van der Waals surface area contributed by atoms with E-state index >= 15 is 0 Å². The number of benzene rings is 1. The van der Waals surface area contributed by atoms with E-state index in [1.54, 1.807) is 0 Å². The molecule has 11 heteroatoms. The number of nitro benzene ring substituents is 1. The maximum absolute atomic E-state index is 12.3. The number of carbonyl (C=O) groups excluding carboxylic acids is 2. The van der Waals surface area contributed by atoms with Gasteiger partial charge in [-0.15, -0.1) is 0 Å². The highest BCUT2D eigenvalue weighted by Gasteiger charge is 2.35. The molecule has 1 heterocycles. The highest BCUT2D eigenvalue weighted by Crippen LogP contribution is 2.43. The number of esters is 2. The molecule has 0 fully saturated rings. The Balaban J connectivity index is 2.77. The molecule has 0 spiro atoms. The molecule has 0 aromatic heterocycles. The number of rotatable bonds is 4. The molecule has 1 aromatic rings. The van der Waals surface area contributed by atoms with Crippen molar-refractivity contribution in [1.82, 2.24) is 0 Å². The van der Waals surface area contributed by atoms with Crippen LogP contribution in [0, 0.1) is 17.0 Å². The molecule has 0 radical (unpaired) electrons. The van der Waals surface area contributed by atoms with Crippen molar-refractivity contribution >= 4 is 55.2 Å². The number of nitro groups is 1. The highest BCUT2D eigenvalue weighted by atomic mass is 79.9. The summed E-state index contributed by atoms with van der Waals surface area (Å²) < 4.78 is 15.6. The van der Waals surface area contributed by atoms with E-state index in [0.29, 0.717) is 10.2 Å². The SMILES string of the molecule is COC(=O)C1=C(C(=O)OC)N(c2c(Br)cc(Br)c([N+](=O)[O-])c2C)COC1. The van der Waals surface area contributed by atoms with E-state index in [4.69, 9.17) is 14.2 Å². The molecule has 1 aromatic carbocycles. The maximum Gasteiger partial charge on any atom is 0.355 e. The van der Waals surface area contributed by atoms with Crippen molar-refractivity contribution in [2.45, 2.75) is 6.92 Å². The number of ether oxygens (including phenoxy) is 3. The number of hydrogen-bond donors (Lipinski definition) is 0. The van der Waals surface area contributed by atoms with Crippen molar-refractivity contribution < 1.29 is 28.7 Å². The fraction of sp³-hybridized carbons (Fsp3) is 0.333. The normalized spacial score (nSPS) is 14.3. The predicted octanol–water partition coefficient (Wildman–Crippen LogP) is 2.82. The second-order valence-electron chi connectivity index (χ2n) is 5.14. The lowest BCUT2D eigenvalue weighted by Crippen LogP contribution is -2.39. The number of halogens is 2. The van der Waals surface area contributed by atoms with Gasteiger partial charge in [-0.2, -0.15) is 0 Å². The lowest BCUT2D eigenvalue weighted by atomic mass is 10.1. The van der Waals surface area contributed by atoms with Crippen LogP contribution in [0.3, 0.4) is 0 Å². The maximum atomic E-state index is 12.3. The summed E-state index contributed by atoms with van der Waals surface area (Å²) in [6.45, 7) is 1.27. The van der Waals surface area contributed by atoms with Crippen molar-refractivity contribution in [3.63, 3.8) is 0 Å². The quantitative estimate of drug-likeness (QED) is 0.358. The van der Waals surface area contributed by atoms with Crippen molar-refractivity contribution in [1.29, 1.82) is 0 Å². The molecule has 0 saturated carbocycles. The lowest BCUT2D eigenvalue weighted by molar-refractivity contribution is -0.386. The van der Waals surface area contributed by atoms with E-state index in [0.717, 1.165) is 0 Å². The largest absolute Gasteiger partial charge is 0.466 e. The molecule has 2 rings (SSSR count). The molecule has 1 aliphatic rings. The molecule has 0 aliphatic carbocycles. The molecule has 9 nitrogen and oxygen atoms in total. The average Bonchev–Trinajstić information content (AvgIpc) is 2.59. The van der Waals surface area contributed by atoms with Gasteiger partial charge in [0.05, 0.1) is 47.0 Å². The molecule has 1 aliphatic heterocycles. The minimum Gasteiger partial charge on any atom is -0.466 e. The summed E-state index contributed by atoms with van der Waals surface area (Å²) in [6.07, 6.45) is 0. The van der Waals surface area contributed by atoms with E-state index in [9.17, 15) is 19.7 Å². The summed E-state index contributed by atoms with van der Waals surface area (Å²) in [4.78, 5) is 36.6. The third-order valence-electron chi connectivity index (χ3n) is 3.70. The zero-order valence-corrected chi connectivity index (χ0v) is 17.2. The molecule has 26 heavy (non-hydrogen) atoms. The zero-order valence-electron chi connectivity index (χ0n) is 14.0. The van der Waals surface area contributed by atoms with Gasteiger partial charge in [-0.25, -0.2) is 9.59 Å². The third kappa shape index (κ3) is 3.60. The summed E-state index contributed by atoms with van der Waals surface area (Å²) in [5.74, 6) is -1.54. The average molecular weight is 494 g/mol. The summed E-state index contributed by atoms with van der Waals surface area (Å²) in [6, 6.07) is 1.49. The van der Waals surface area contributed by atoms with Gasteiger partial charge in [0.2, 0.25) is 0 Å². The van der Waals surface area contributed by atoms with Crippen LogP contribution in [0.15, 0.2) is 26.3 Å². The van der Waals surface area contributed by atoms with Crippen LogP contribution in [-0.2, 0) is 23.8 Å². The van der Waals surface area contributed by atoms with E-state index in [2.05, 4.69) is 31.9 Å². The summed E-state index contributed by atoms with van der Waals surface area (Å²) in [7, 11) is 2.35. The van der Waals surface area contributed by atoms with E-state index < -0.39 is 16.9 Å². The van der Waals surface area contributed by atoms with Gasteiger partial charge >= 0.3 is 11.9 Å². The molecule has 140 valence electrons. The van der Waals surface area contributed by atoms with Crippen LogP contribution >= 0.6 is 31.9 Å². The Morgan fingerprint density at radius 1 is 1.23 bits per heavy atom. The van der Waals surface area contributed by atoms with E-state index in [-0.39, 0.29) is 40.3 Å². The first-order valence-corrected chi connectivity index (χ1v) is 8.71. The molecule has 0 unspecified atom stereocenters. The van der Waals surface area contributed by atoms with Crippen LogP contribution in [0.2, 0.25) is 0 Å². The second-order valence-corrected chi connectivity index (χ2v) is 6.84. The number of anilines is 1. The van der Waals surface area contributed by atoms with Crippen LogP contribution in [0.5, 0.6) is 0 Å². The lowest BCUT2D eigenvalue weighted by Gasteiger charge is -2.32. The van der Waals surface area contributed by atoms with Gasteiger partial charge in [0.1, 0.15) is 12.4 Å². The Kier molecular flexibility index (Phi) is 6.37. The topological polar surface area (TPSA) is 108 Å². The smallest absolute Gasteiger partial charge is 0.355 e. The van der Waals surface area contributed by atoms with Gasteiger partial charge in [-0.05, 0) is 44.8 Å². The van der Waals surface area contributed by atoms with Gasteiger partial charge in [0, 0.05) is 4.47 Å². The summed E-state index contributed by atoms with van der Waals surface area (Å²) in [5.41, 5.74) is 0.278. The molecule has 0 N–H and O–H groups in total. The Hall–Kier alpha value is -1.98. The fourth-order valence-corrected chi connectivity index (χ4v) is 4.31. The first kappa shape index (κ1) is 20.3. The number of nitrogens with zero attached hydrogens (tertiary/aromatic N) is 2. The van der Waals surface area contributed by atoms with Crippen LogP contribution in [-0.4, -0.2) is 44.4 Å². The van der Waals surface area contributed by atoms with E-state index in [1.165, 1.54) is 32.1 Å². The number of methoxy groups -OCH3 is 2. The minimum atomic E-state index is -0.787. The van der Waals surface area contributed by atoms with E-state index in [1.807, 2.05) is 0 Å². The van der Waals surface area contributed by atoms with Crippen molar-refractivity contribution in [2.24, 2.45) is 0 Å². The first-order valence-electron chi connectivity index (χ1n) is 7.12. The standard InChI is InChI=1S/C15H14Br2N2O7/c1-7-11(9(16)4-10(17)12(7)19(22)23)18-6-26-5-8(14(20)24-2)13(18)15(21)25-3/h4H,5-6H2,1-3H3. The van der Waals surface area contributed by atoms with Crippen molar-refractivity contribution in [3.05, 3.63) is 42.0 Å². The van der Waals surface area contributed by atoms with Crippen molar-refractivity contribution in [3.8, 4) is 0 Å². The second kappa shape index (κ2) is 8.14. The van der Waals surface area contributed by atoms with Gasteiger partial charge in [0.25, 0.3) is 5.69 Å². The number of hydrogen-bond acceptors (Lipinski definition) is 8.